The Morgan fingerprint density at radius 3 is 2.48 bits per heavy atom. The summed E-state index contributed by atoms with van der Waals surface area (Å²) in [7, 11) is 0. The van der Waals surface area contributed by atoms with Gasteiger partial charge < -0.3 is 10.2 Å². The molecule has 5 nitrogen and oxygen atoms in total. The minimum absolute atomic E-state index is 0.178. The Hall–Kier alpha value is -2.47. The molecule has 1 aliphatic rings. The molecule has 1 heterocycles. The lowest BCUT2D eigenvalue weighted by molar-refractivity contribution is 0.0695. The molecular formula is C21H19BrN2O3. The fourth-order valence-corrected chi connectivity index (χ4v) is 4.23. The normalized spacial score (nSPS) is 15.1. The number of hydrogen-bond donors (Lipinski definition) is 2. The van der Waals surface area contributed by atoms with Crippen molar-refractivity contribution in [2.24, 2.45) is 0 Å². The van der Waals surface area contributed by atoms with E-state index in [2.05, 4.69) is 38.0 Å². The number of fused-ring (bicyclic) bond motifs is 1. The summed E-state index contributed by atoms with van der Waals surface area (Å²) in [6.45, 7) is 0. The first-order valence-electron chi connectivity index (χ1n) is 9.06. The Labute approximate surface area is 165 Å². The van der Waals surface area contributed by atoms with Gasteiger partial charge in [0.1, 0.15) is 16.8 Å². The van der Waals surface area contributed by atoms with Crippen LogP contribution in [0.5, 0.6) is 5.75 Å². The lowest BCUT2D eigenvalue weighted by Crippen LogP contribution is -2.04. The number of phenols is 1. The number of nitrogens with zero attached hydrogens (tertiary/aromatic N) is 2. The number of halogens is 1. The van der Waals surface area contributed by atoms with E-state index in [0.29, 0.717) is 17.1 Å². The Morgan fingerprint density at radius 1 is 1.11 bits per heavy atom. The van der Waals surface area contributed by atoms with Gasteiger partial charge in [-0.2, -0.15) is 0 Å². The summed E-state index contributed by atoms with van der Waals surface area (Å²) in [5.41, 5.74) is 3.16. The first kappa shape index (κ1) is 17.9. The monoisotopic (exact) mass is 426 g/mol. The molecule has 1 aliphatic carbocycles. The smallest absolute Gasteiger partial charge is 0.341 e. The van der Waals surface area contributed by atoms with E-state index in [4.69, 9.17) is 0 Å². The van der Waals surface area contributed by atoms with E-state index in [9.17, 15) is 15.0 Å². The molecule has 0 spiro atoms. The molecule has 2 aromatic carbocycles. The first-order chi connectivity index (χ1) is 13.0. The maximum Gasteiger partial charge on any atom is 0.341 e. The third-order valence-electron chi connectivity index (χ3n) is 5.26. The third-order valence-corrected chi connectivity index (χ3v) is 5.87. The molecule has 3 aromatic rings. The number of aromatic hydroxyl groups is 1. The van der Waals surface area contributed by atoms with Crippen molar-refractivity contribution in [1.82, 2.24) is 9.97 Å². The first-order valence-corrected chi connectivity index (χ1v) is 9.85. The number of carboxylic acids is 1. The number of aromatic nitrogens is 2. The lowest BCUT2D eigenvalue weighted by atomic mass is 9.84. The number of carboxylic acid groups (broad SMARTS) is 1. The van der Waals surface area contributed by atoms with E-state index in [1.165, 1.54) is 37.7 Å². The van der Waals surface area contributed by atoms with Crippen LogP contribution in [0.25, 0.3) is 22.3 Å². The molecule has 0 bridgehead atoms. The summed E-state index contributed by atoms with van der Waals surface area (Å²) >= 11 is 3.16. The van der Waals surface area contributed by atoms with Crippen molar-refractivity contribution >= 4 is 32.9 Å². The number of aromatic carboxylic acids is 1. The highest BCUT2D eigenvalue weighted by Gasteiger charge is 2.20. The van der Waals surface area contributed by atoms with E-state index in [-0.39, 0.29) is 21.3 Å². The van der Waals surface area contributed by atoms with E-state index in [1.807, 2.05) is 12.1 Å². The summed E-state index contributed by atoms with van der Waals surface area (Å²) in [4.78, 5) is 20.4. The molecule has 0 amide bonds. The predicted molar refractivity (Wildman–Crippen MR) is 107 cm³/mol. The number of rotatable bonds is 3. The van der Waals surface area contributed by atoms with Gasteiger partial charge in [-0.1, -0.05) is 43.5 Å². The largest absolute Gasteiger partial charge is 0.506 e. The van der Waals surface area contributed by atoms with Gasteiger partial charge in [-0.25, -0.2) is 9.78 Å². The Morgan fingerprint density at radius 2 is 1.81 bits per heavy atom. The van der Waals surface area contributed by atoms with Crippen molar-refractivity contribution in [1.29, 1.82) is 0 Å². The van der Waals surface area contributed by atoms with Crippen LogP contribution in [0.1, 0.15) is 53.9 Å². The Balaban J connectivity index is 1.74. The molecule has 1 fully saturated rings. The zero-order chi connectivity index (χ0) is 19.0. The van der Waals surface area contributed by atoms with Crippen molar-refractivity contribution < 1.29 is 15.0 Å². The summed E-state index contributed by atoms with van der Waals surface area (Å²) in [6.07, 6.45) is 8.03. The molecular weight excluding hydrogens is 408 g/mol. The van der Waals surface area contributed by atoms with E-state index in [1.54, 1.807) is 12.3 Å². The van der Waals surface area contributed by atoms with E-state index >= 15 is 0 Å². The molecule has 0 aliphatic heterocycles. The summed E-state index contributed by atoms with van der Waals surface area (Å²) in [5, 5.41) is 19.6. The van der Waals surface area contributed by atoms with Crippen LogP contribution in [-0.4, -0.2) is 26.2 Å². The minimum atomic E-state index is -1.24. The van der Waals surface area contributed by atoms with Crippen LogP contribution in [-0.2, 0) is 0 Å². The molecule has 27 heavy (non-hydrogen) atoms. The highest BCUT2D eigenvalue weighted by Crippen LogP contribution is 2.35. The van der Waals surface area contributed by atoms with Crippen LogP contribution in [0, 0.1) is 0 Å². The topological polar surface area (TPSA) is 83.3 Å². The van der Waals surface area contributed by atoms with Crippen LogP contribution in [0.3, 0.4) is 0 Å². The summed E-state index contributed by atoms with van der Waals surface area (Å²) in [6, 6.07) is 9.86. The number of carbonyl (C=O) groups is 1. The standard InChI is InChI=1S/C21H19BrN2O3/c22-15-10-16-19(18(20(15)25)21(26)27)24-17(11-23-16)14-8-6-13(7-9-14)12-4-2-1-3-5-12/h6-12,25H,1-5H2,(H,26,27). The van der Waals surface area contributed by atoms with Gasteiger partial charge in [0.15, 0.2) is 0 Å². The zero-order valence-electron chi connectivity index (χ0n) is 14.7. The quantitative estimate of drug-likeness (QED) is 0.576. The van der Waals surface area contributed by atoms with Crippen LogP contribution < -0.4 is 0 Å². The van der Waals surface area contributed by atoms with Gasteiger partial charge in [0.2, 0.25) is 0 Å². The van der Waals surface area contributed by atoms with Gasteiger partial charge in [-0.05, 0) is 46.3 Å². The molecule has 0 saturated heterocycles. The summed E-state index contributed by atoms with van der Waals surface area (Å²) in [5.74, 6) is -0.949. The molecule has 0 atom stereocenters. The molecule has 1 aromatic heterocycles. The van der Waals surface area contributed by atoms with Gasteiger partial charge in [-0.3, -0.25) is 4.98 Å². The summed E-state index contributed by atoms with van der Waals surface area (Å²) < 4.78 is 0.284. The van der Waals surface area contributed by atoms with Gasteiger partial charge >= 0.3 is 5.97 Å². The predicted octanol–water partition coefficient (Wildman–Crippen LogP) is 5.51. The number of benzene rings is 2. The molecule has 1 saturated carbocycles. The van der Waals surface area contributed by atoms with Crippen molar-refractivity contribution in [3.05, 3.63) is 52.1 Å². The van der Waals surface area contributed by atoms with Gasteiger partial charge in [0.25, 0.3) is 0 Å². The molecule has 4 rings (SSSR count). The van der Waals surface area contributed by atoms with Crippen molar-refractivity contribution in [3.8, 4) is 17.0 Å². The maximum absolute atomic E-state index is 11.6. The van der Waals surface area contributed by atoms with Crippen LogP contribution in [0.4, 0.5) is 0 Å². The van der Waals surface area contributed by atoms with Gasteiger partial charge in [-0.15, -0.1) is 0 Å². The van der Waals surface area contributed by atoms with Crippen molar-refractivity contribution in [3.63, 3.8) is 0 Å². The van der Waals surface area contributed by atoms with Crippen molar-refractivity contribution in [2.75, 3.05) is 0 Å². The van der Waals surface area contributed by atoms with Crippen LogP contribution in [0.15, 0.2) is 41.0 Å². The molecule has 0 unspecified atom stereocenters. The Kier molecular flexibility index (Phi) is 4.83. The third kappa shape index (κ3) is 3.41. The molecule has 0 radical (unpaired) electrons. The highest BCUT2D eigenvalue weighted by atomic mass is 79.9. The second-order valence-electron chi connectivity index (χ2n) is 6.97. The second kappa shape index (κ2) is 7.27. The van der Waals surface area contributed by atoms with Crippen LogP contribution >= 0.6 is 15.9 Å². The molecule has 138 valence electrons. The fourth-order valence-electron chi connectivity index (χ4n) is 3.81. The van der Waals surface area contributed by atoms with Gasteiger partial charge in [0.05, 0.1) is 21.9 Å². The zero-order valence-corrected chi connectivity index (χ0v) is 16.2. The number of hydrogen-bond acceptors (Lipinski definition) is 4. The highest BCUT2D eigenvalue weighted by molar-refractivity contribution is 9.10. The fraction of sp³-hybridized carbons (Fsp3) is 0.286. The lowest BCUT2D eigenvalue weighted by Gasteiger charge is -2.22. The average Bonchev–Trinajstić information content (AvgIpc) is 2.69. The molecule has 2 N–H and O–H groups in total. The van der Waals surface area contributed by atoms with Gasteiger partial charge in [0, 0.05) is 5.56 Å². The van der Waals surface area contributed by atoms with E-state index < -0.39 is 5.97 Å². The minimum Gasteiger partial charge on any atom is -0.506 e. The second-order valence-corrected chi connectivity index (χ2v) is 7.82. The van der Waals surface area contributed by atoms with E-state index in [0.717, 1.165) is 5.56 Å². The molecule has 6 heteroatoms. The maximum atomic E-state index is 11.6. The van der Waals surface area contributed by atoms with Crippen molar-refractivity contribution in [2.45, 2.75) is 38.0 Å². The SMILES string of the molecule is O=C(O)c1c(O)c(Br)cc2ncc(-c3ccc(C4CCCCC4)cc3)nc12. The Bertz CT molecular complexity index is 1010. The average molecular weight is 427 g/mol. The van der Waals surface area contributed by atoms with Crippen LogP contribution in [0.2, 0.25) is 0 Å².